The predicted molar refractivity (Wildman–Crippen MR) is 84.6 cm³/mol. The van der Waals surface area contributed by atoms with Crippen LogP contribution in [0.4, 0.5) is 0 Å². The van der Waals surface area contributed by atoms with Crippen LogP contribution in [0.1, 0.15) is 5.56 Å². The van der Waals surface area contributed by atoms with Crippen molar-refractivity contribution in [3.8, 4) is 11.3 Å². The summed E-state index contributed by atoms with van der Waals surface area (Å²) in [6, 6.07) is 16.2. The van der Waals surface area contributed by atoms with Crippen LogP contribution in [0.25, 0.3) is 22.2 Å². The van der Waals surface area contributed by atoms with Gasteiger partial charge in [-0.05, 0) is 30.7 Å². The van der Waals surface area contributed by atoms with E-state index in [-0.39, 0.29) is 0 Å². The number of hydrogen-bond acceptors (Lipinski definition) is 1. The van der Waals surface area contributed by atoms with Crippen molar-refractivity contribution in [1.82, 2.24) is 4.98 Å². The molecule has 0 amide bonds. The highest BCUT2D eigenvalue weighted by Crippen LogP contribution is 2.32. The van der Waals surface area contributed by atoms with Crippen molar-refractivity contribution in [2.75, 3.05) is 0 Å². The average Bonchev–Trinajstić information content (AvgIpc) is 2.41. The summed E-state index contributed by atoms with van der Waals surface area (Å²) in [6.45, 7) is 2.03. The maximum atomic E-state index is 6.31. The van der Waals surface area contributed by atoms with E-state index in [9.17, 15) is 0 Å². The molecule has 0 N–H and O–H groups in total. The van der Waals surface area contributed by atoms with Crippen molar-refractivity contribution >= 4 is 38.4 Å². The van der Waals surface area contributed by atoms with Crippen molar-refractivity contribution in [3.05, 3.63) is 63.6 Å². The van der Waals surface area contributed by atoms with Crippen molar-refractivity contribution in [2.24, 2.45) is 0 Å². The summed E-state index contributed by atoms with van der Waals surface area (Å²) in [6.07, 6.45) is 0. The minimum absolute atomic E-state index is 0.688. The summed E-state index contributed by atoms with van der Waals surface area (Å²) >= 11 is 9.93. The van der Waals surface area contributed by atoms with Crippen LogP contribution in [0, 0.1) is 6.92 Å². The minimum atomic E-state index is 0.688. The molecular formula is C16H11BrClN. The van der Waals surface area contributed by atoms with Crippen molar-refractivity contribution in [3.63, 3.8) is 0 Å². The Balaban J connectivity index is 2.31. The maximum Gasteiger partial charge on any atom is 0.0907 e. The molecule has 0 bridgehead atoms. The zero-order valence-corrected chi connectivity index (χ0v) is 12.7. The Morgan fingerprint density at radius 2 is 1.79 bits per heavy atom. The molecule has 0 atom stereocenters. The summed E-state index contributed by atoms with van der Waals surface area (Å²) in [5, 5.41) is 1.73. The lowest BCUT2D eigenvalue weighted by molar-refractivity contribution is 1.37. The number of fused-ring (bicyclic) bond motifs is 1. The van der Waals surface area contributed by atoms with Crippen molar-refractivity contribution in [1.29, 1.82) is 0 Å². The number of aryl methyl sites for hydroxylation is 1. The Labute approximate surface area is 125 Å². The van der Waals surface area contributed by atoms with E-state index in [0.717, 1.165) is 32.2 Å². The number of pyridine rings is 1. The van der Waals surface area contributed by atoms with E-state index in [4.69, 9.17) is 11.6 Å². The Morgan fingerprint density at radius 1 is 1.05 bits per heavy atom. The third kappa shape index (κ3) is 2.38. The van der Waals surface area contributed by atoms with Gasteiger partial charge in [0.15, 0.2) is 0 Å². The second kappa shape index (κ2) is 4.95. The number of benzene rings is 2. The quantitative estimate of drug-likeness (QED) is 0.563. The second-order valence-corrected chi connectivity index (χ2v) is 5.76. The average molecular weight is 333 g/mol. The molecule has 0 saturated carbocycles. The first-order valence-electron chi connectivity index (χ1n) is 5.97. The lowest BCUT2D eigenvalue weighted by atomic mass is 10.1. The van der Waals surface area contributed by atoms with Crippen molar-refractivity contribution in [2.45, 2.75) is 6.92 Å². The van der Waals surface area contributed by atoms with Crippen LogP contribution in [0.15, 0.2) is 53.0 Å². The minimum Gasteiger partial charge on any atom is -0.246 e. The number of halogens is 2. The number of nitrogens with zero attached hydrogens (tertiary/aromatic N) is 1. The highest BCUT2D eigenvalue weighted by Gasteiger charge is 2.09. The smallest absolute Gasteiger partial charge is 0.0907 e. The molecule has 0 fully saturated rings. The van der Waals surface area contributed by atoms with E-state index < -0.39 is 0 Å². The molecule has 1 heterocycles. The molecule has 0 aliphatic carbocycles. The van der Waals surface area contributed by atoms with Gasteiger partial charge in [0.25, 0.3) is 0 Å². The molecule has 0 aliphatic heterocycles. The molecule has 0 unspecified atom stereocenters. The van der Waals surface area contributed by atoms with Gasteiger partial charge in [0.1, 0.15) is 0 Å². The van der Waals surface area contributed by atoms with Gasteiger partial charge < -0.3 is 0 Å². The van der Waals surface area contributed by atoms with Crippen molar-refractivity contribution < 1.29 is 0 Å². The lowest BCUT2D eigenvalue weighted by Gasteiger charge is -2.08. The summed E-state index contributed by atoms with van der Waals surface area (Å²) in [4.78, 5) is 4.68. The Morgan fingerprint density at radius 3 is 2.53 bits per heavy atom. The van der Waals surface area contributed by atoms with Gasteiger partial charge in [-0.2, -0.15) is 0 Å². The first-order chi connectivity index (χ1) is 9.15. The summed E-state index contributed by atoms with van der Waals surface area (Å²) in [5.74, 6) is 0. The van der Waals surface area contributed by atoms with Crippen LogP contribution in [0.3, 0.4) is 0 Å². The third-order valence-electron chi connectivity index (χ3n) is 3.03. The molecule has 19 heavy (non-hydrogen) atoms. The monoisotopic (exact) mass is 331 g/mol. The predicted octanol–water partition coefficient (Wildman–Crippen LogP) is 5.63. The van der Waals surface area contributed by atoms with Gasteiger partial charge in [-0.25, -0.2) is 4.98 Å². The molecular weight excluding hydrogens is 322 g/mol. The van der Waals surface area contributed by atoms with Gasteiger partial charge in [-0.3, -0.25) is 0 Å². The fourth-order valence-electron chi connectivity index (χ4n) is 2.14. The first-order valence-corrected chi connectivity index (χ1v) is 7.14. The molecule has 94 valence electrons. The molecule has 0 aliphatic rings. The number of aromatic nitrogens is 1. The highest BCUT2D eigenvalue weighted by atomic mass is 79.9. The fraction of sp³-hybridized carbons (Fsp3) is 0.0625. The van der Waals surface area contributed by atoms with Crippen LogP contribution >= 0.6 is 27.5 Å². The second-order valence-electron chi connectivity index (χ2n) is 4.50. The third-order valence-corrected chi connectivity index (χ3v) is 3.97. The van der Waals surface area contributed by atoms with Gasteiger partial charge in [0, 0.05) is 15.4 Å². The molecule has 1 aromatic heterocycles. The molecule has 3 heteroatoms. The zero-order chi connectivity index (χ0) is 13.4. The van der Waals surface area contributed by atoms with Gasteiger partial charge in [0.2, 0.25) is 0 Å². The lowest BCUT2D eigenvalue weighted by Crippen LogP contribution is -1.89. The standard InChI is InChI=1S/C16H11BrClN/c1-10-7-12-13(17)9-15(11-5-3-2-4-6-11)19-16(12)14(18)8-10/h2-9H,1H3. The number of rotatable bonds is 1. The van der Waals surface area contributed by atoms with Gasteiger partial charge in [-0.1, -0.05) is 57.9 Å². The maximum absolute atomic E-state index is 6.31. The normalized spacial score (nSPS) is 10.9. The van der Waals surface area contributed by atoms with Gasteiger partial charge in [-0.15, -0.1) is 0 Å². The Hall–Kier alpha value is -1.38. The molecule has 2 aromatic carbocycles. The number of hydrogen-bond donors (Lipinski definition) is 0. The molecule has 0 spiro atoms. The zero-order valence-electron chi connectivity index (χ0n) is 10.3. The first kappa shape index (κ1) is 12.6. The molecule has 0 radical (unpaired) electrons. The highest BCUT2D eigenvalue weighted by molar-refractivity contribution is 9.10. The van der Waals surface area contributed by atoms with Gasteiger partial charge >= 0.3 is 0 Å². The van der Waals surface area contributed by atoms with Crippen LogP contribution in [-0.2, 0) is 0 Å². The Bertz CT molecular complexity index is 754. The molecule has 3 rings (SSSR count). The Kier molecular flexibility index (Phi) is 3.29. The molecule has 1 nitrogen and oxygen atoms in total. The SMILES string of the molecule is Cc1cc(Cl)c2nc(-c3ccccc3)cc(Br)c2c1. The fourth-order valence-corrected chi connectivity index (χ4v) is 2.97. The van der Waals surface area contributed by atoms with Gasteiger partial charge in [0.05, 0.1) is 16.2 Å². The van der Waals surface area contributed by atoms with Crippen LogP contribution in [0.5, 0.6) is 0 Å². The van der Waals surface area contributed by atoms with E-state index in [1.165, 1.54) is 0 Å². The van der Waals surface area contributed by atoms with Crippen LogP contribution in [-0.4, -0.2) is 4.98 Å². The summed E-state index contributed by atoms with van der Waals surface area (Å²) in [5.41, 5.74) is 3.97. The van der Waals surface area contributed by atoms with Crippen LogP contribution in [0.2, 0.25) is 5.02 Å². The summed E-state index contributed by atoms with van der Waals surface area (Å²) in [7, 11) is 0. The van der Waals surface area contributed by atoms with E-state index in [1.54, 1.807) is 0 Å². The van der Waals surface area contributed by atoms with E-state index in [0.29, 0.717) is 5.02 Å². The summed E-state index contributed by atoms with van der Waals surface area (Å²) < 4.78 is 1.02. The molecule has 0 saturated heterocycles. The van der Waals surface area contributed by atoms with E-state index in [2.05, 4.69) is 27.0 Å². The van der Waals surface area contributed by atoms with E-state index in [1.807, 2.05) is 49.4 Å². The van der Waals surface area contributed by atoms with Crippen LogP contribution < -0.4 is 0 Å². The topological polar surface area (TPSA) is 12.9 Å². The molecule has 3 aromatic rings. The van der Waals surface area contributed by atoms with E-state index >= 15 is 0 Å². The largest absolute Gasteiger partial charge is 0.246 e.